The summed E-state index contributed by atoms with van der Waals surface area (Å²) in [6.07, 6.45) is 0.177. The van der Waals surface area contributed by atoms with Crippen LogP contribution in [-0.4, -0.2) is 17.1 Å². The lowest BCUT2D eigenvalue weighted by atomic mass is 10.1. The van der Waals surface area contributed by atoms with Gasteiger partial charge in [-0.25, -0.2) is 4.98 Å². The van der Waals surface area contributed by atoms with Gasteiger partial charge in [0, 0.05) is 24.3 Å². The van der Waals surface area contributed by atoms with Crippen molar-refractivity contribution in [3.05, 3.63) is 23.4 Å². The Morgan fingerprint density at radius 1 is 1.05 bits per heavy atom. The summed E-state index contributed by atoms with van der Waals surface area (Å²) in [4.78, 5) is 4.63. The third-order valence-corrected chi connectivity index (χ3v) is 3.43. The van der Waals surface area contributed by atoms with Crippen LogP contribution in [0.3, 0.4) is 0 Å². The van der Waals surface area contributed by atoms with Crippen molar-refractivity contribution < 1.29 is 4.74 Å². The van der Waals surface area contributed by atoms with Gasteiger partial charge in [-0.05, 0) is 30.4 Å². The van der Waals surface area contributed by atoms with E-state index >= 15 is 0 Å². The fourth-order valence-corrected chi connectivity index (χ4v) is 1.69. The molecule has 0 aliphatic heterocycles. The van der Waals surface area contributed by atoms with Gasteiger partial charge >= 0.3 is 0 Å². The van der Waals surface area contributed by atoms with Crippen molar-refractivity contribution >= 4 is 0 Å². The summed E-state index contributed by atoms with van der Waals surface area (Å²) < 4.78 is 5.98. The maximum Gasteiger partial charge on any atom is 0.214 e. The largest absolute Gasteiger partial charge is 0.474 e. The summed E-state index contributed by atoms with van der Waals surface area (Å²) in [5.74, 6) is 1.64. The number of hydrogen-bond acceptors (Lipinski definition) is 3. The Bertz CT molecular complexity index is 413. The Labute approximate surface area is 124 Å². The van der Waals surface area contributed by atoms with Gasteiger partial charge in [0.05, 0.1) is 6.10 Å². The van der Waals surface area contributed by atoms with Gasteiger partial charge in [0.15, 0.2) is 0 Å². The van der Waals surface area contributed by atoms with Gasteiger partial charge in [-0.3, -0.25) is 0 Å². The third kappa shape index (κ3) is 5.49. The lowest BCUT2D eigenvalue weighted by Gasteiger charge is -2.19. The molecule has 1 N–H and O–H groups in total. The Hall–Kier alpha value is -1.09. The van der Waals surface area contributed by atoms with Crippen LogP contribution in [0.15, 0.2) is 12.1 Å². The molecule has 0 aliphatic carbocycles. The standard InChI is InChI=1S/C17H30N2O/c1-11(2)14(7)20-17-9-15(10-18-13(5)6)8-16(19-17)12(3)4/h8-9,11-14,18H,10H2,1-7H3. The van der Waals surface area contributed by atoms with Gasteiger partial charge in [0.25, 0.3) is 0 Å². The third-order valence-electron chi connectivity index (χ3n) is 3.43. The number of rotatable bonds is 7. The minimum atomic E-state index is 0.177. The molecular weight excluding hydrogens is 248 g/mol. The average molecular weight is 278 g/mol. The van der Waals surface area contributed by atoms with Crippen molar-refractivity contribution in [2.24, 2.45) is 5.92 Å². The van der Waals surface area contributed by atoms with Crippen LogP contribution in [0, 0.1) is 5.92 Å². The van der Waals surface area contributed by atoms with Crippen LogP contribution in [0.5, 0.6) is 5.88 Å². The van der Waals surface area contributed by atoms with Crippen LogP contribution in [0.4, 0.5) is 0 Å². The van der Waals surface area contributed by atoms with Crippen molar-refractivity contribution in [2.45, 2.75) is 73.1 Å². The second-order valence-electron chi connectivity index (χ2n) is 6.50. The molecule has 1 rings (SSSR count). The van der Waals surface area contributed by atoms with Gasteiger partial charge < -0.3 is 10.1 Å². The summed E-state index contributed by atoms with van der Waals surface area (Å²) in [5.41, 5.74) is 2.34. The summed E-state index contributed by atoms with van der Waals surface area (Å²) in [6, 6.07) is 4.71. The molecule has 1 atom stereocenters. The molecule has 20 heavy (non-hydrogen) atoms. The molecule has 0 amide bonds. The Morgan fingerprint density at radius 2 is 1.70 bits per heavy atom. The number of pyridine rings is 1. The van der Waals surface area contributed by atoms with E-state index < -0.39 is 0 Å². The van der Waals surface area contributed by atoms with E-state index in [4.69, 9.17) is 4.74 Å². The van der Waals surface area contributed by atoms with Gasteiger partial charge in [0.1, 0.15) is 0 Å². The maximum absolute atomic E-state index is 5.98. The number of hydrogen-bond donors (Lipinski definition) is 1. The van der Waals surface area contributed by atoms with E-state index in [-0.39, 0.29) is 6.10 Å². The van der Waals surface area contributed by atoms with Crippen molar-refractivity contribution in [3.63, 3.8) is 0 Å². The number of aromatic nitrogens is 1. The van der Waals surface area contributed by atoms with Gasteiger partial charge in [-0.15, -0.1) is 0 Å². The van der Waals surface area contributed by atoms with Gasteiger partial charge in [-0.2, -0.15) is 0 Å². The molecule has 1 aromatic rings. The number of nitrogens with one attached hydrogen (secondary N) is 1. The zero-order valence-electron chi connectivity index (χ0n) is 14.0. The molecule has 0 radical (unpaired) electrons. The molecular formula is C17H30N2O. The highest BCUT2D eigenvalue weighted by Crippen LogP contribution is 2.21. The van der Waals surface area contributed by atoms with Crippen LogP contribution >= 0.6 is 0 Å². The van der Waals surface area contributed by atoms with E-state index in [2.05, 4.69) is 70.9 Å². The molecule has 0 aliphatic rings. The predicted molar refractivity (Wildman–Crippen MR) is 85.2 cm³/mol. The first-order valence-corrected chi connectivity index (χ1v) is 7.70. The lowest BCUT2D eigenvalue weighted by molar-refractivity contribution is 0.162. The van der Waals surface area contributed by atoms with E-state index in [1.165, 1.54) is 5.56 Å². The zero-order valence-corrected chi connectivity index (χ0v) is 14.0. The van der Waals surface area contributed by atoms with Crippen LogP contribution in [0.2, 0.25) is 0 Å². The van der Waals surface area contributed by atoms with E-state index in [9.17, 15) is 0 Å². The molecule has 0 saturated carbocycles. The van der Waals surface area contributed by atoms with E-state index in [1.54, 1.807) is 0 Å². The normalized spacial score (nSPS) is 13.3. The fourth-order valence-electron chi connectivity index (χ4n) is 1.69. The van der Waals surface area contributed by atoms with Crippen molar-refractivity contribution in [2.75, 3.05) is 0 Å². The summed E-state index contributed by atoms with van der Waals surface area (Å²) in [7, 11) is 0. The maximum atomic E-state index is 5.98. The van der Waals surface area contributed by atoms with Crippen LogP contribution in [0.25, 0.3) is 0 Å². The number of ether oxygens (including phenoxy) is 1. The van der Waals surface area contributed by atoms with Crippen molar-refractivity contribution in [1.82, 2.24) is 10.3 Å². The molecule has 3 nitrogen and oxygen atoms in total. The molecule has 1 unspecified atom stereocenters. The minimum Gasteiger partial charge on any atom is -0.474 e. The van der Waals surface area contributed by atoms with Crippen LogP contribution in [0.1, 0.15) is 65.6 Å². The summed E-state index contributed by atoms with van der Waals surface area (Å²) >= 11 is 0. The van der Waals surface area contributed by atoms with E-state index in [1.807, 2.05) is 0 Å². The fraction of sp³-hybridized carbons (Fsp3) is 0.706. The second-order valence-corrected chi connectivity index (χ2v) is 6.50. The molecule has 0 spiro atoms. The molecule has 1 heterocycles. The Balaban J connectivity index is 2.92. The first-order valence-electron chi connectivity index (χ1n) is 7.70. The predicted octanol–water partition coefficient (Wildman–Crippen LogP) is 4.13. The first kappa shape index (κ1) is 17.0. The first-order chi connectivity index (χ1) is 9.29. The Kier molecular flexibility index (Phi) is 6.47. The van der Waals surface area contributed by atoms with E-state index in [0.717, 1.165) is 18.1 Å². The smallest absolute Gasteiger partial charge is 0.214 e. The zero-order chi connectivity index (χ0) is 15.3. The van der Waals surface area contributed by atoms with Crippen LogP contribution < -0.4 is 10.1 Å². The highest BCUT2D eigenvalue weighted by atomic mass is 16.5. The van der Waals surface area contributed by atoms with Crippen molar-refractivity contribution in [3.8, 4) is 5.88 Å². The molecule has 0 saturated heterocycles. The van der Waals surface area contributed by atoms with Crippen LogP contribution in [-0.2, 0) is 6.54 Å². The monoisotopic (exact) mass is 278 g/mol. The minimum absolute atomic E-state index is 0.177. The molecule has 3 heteroatoms. The quantitative estimate of drug-likeness (QED) is 0.814. The van der Waals surface area contributed by atoms with Gasteiger partial charge in [-0.1, -0.05) is 41.5 Å². The topological polar surface area (TPSA) is 34.1 Å². The van der Waals surface area contributed by atoms with Crippen molar-refractivity contribution in [1.29, 1.82) is 0 Å². The summed E-state index contributed by atoms with van der Waals surface area (Å²) in [5, 5.41) is 3.45. The lowest BCUT2D eigenvalue weighted by Crippen LogP contribution is -2.23. The van der Waals surface area contributed by atoms with E-state index in [0.29, 0.717) is 17.9 Å². The highest BCUT2D eigenvalue weighted by molar-refractivity contribution is 5.27. The SMILES string of the molecule is CC(C)NCc1cc(OC(C)C(C)C)nc(C(C)C)c1. The summed E-state index contributed by atoms with van der Waals surface area (Å²) in [6.45, 7) is 15.9. The average Bonchev–Trinajstić information content (AvgIpc) is 2.35. The number of nitrogens with zero attached hydrogens (tertiary/aromatic N) is 1. The molecule has 1 aromatic heterocycles. The molecule has 114 valence electrons. The molecule has 0 fully saturated rings. The van der Waals surface area contributed by atoms with Gasteiger partial charge in [0.2, 0.25) is 5.88 Å². The molecule has 0 bridgehead atoms. The molecule has 0 aromatic carbocycles. The second kappa shape index (κ2) is 7.63. The Morgan fingerprint density at radius 3 is 2.20 bits per heavy atom. The highest BCUT2D eigenvalue weighted by Gasteiger charge is 2.12.